The van der Waals surface area contributed by atoms with Gasteiger partial charge in [-0.25, -0.2) is 13.1 Å². The quantitative estimate of drug-likeness (QED) is 0.808. The fourth-order valence-corrected chi connectivity index (χ4v) is 2.86. The van der Waals surface area contributed by atoms with Gasteiger partial charge in [0.05, 0.1) is 4.90 Å². The standard InChI is InChI=1S/C12H20N2O2S/c1-3-4-11(9-13)14-17(15,16)12-7-5-10(2)6-8-12/h5-8,11,14H,3-4,9,13H2,1-2H3. The summed E-state index contributed by atoms with van der Waals surface area (Å²) in [5.74, 6) is 0. The zero-order chi connectivity index (χ0) is 12.9. The van der Waals surface area contributed by atoms with E-state index in [0.717, 1.165) is 18.4 Å². The van der Waals surface area contributed by atoms with Gasteiger partial charge in [-0.3, -0.25) is 0 Å². The number of benzene rings is 1. The first-order valence-electron chi connectivity index (χ1n) is 5.78. The Labute approximate surface area is 103 Å². The Morgan fingerprint density at radius 2 is 1.88 bits per heavy atom. The molecule has 0 aliphatic carbocycles. The first kappa shape index (κ1) is 14.2. The second kappa shape index (κ2) is 6.14. The van der Waals surface area contributed by atoms with E-state index in [4.69, 9.17) is 5.73 Å². The van der Waals surface area contributed by atoms with Gasteiger partial charge in [-0.1, -0.05) is 31.0 Å². The molecule has 0 aromatic heterocycles. The lowest BCUT2D eigenvalue weighted by Crippen LogP contribution is -2.39. The Bertz CT molecular complexity index is 440. The van der Waals surface area contributed by atoms with E-state index in [1.165, 1.54) is 0 Å². The third-order valence-corrected chi connectivity index (χ3v) is 4.11. The summed E-state index contributed by atoms with van der Waals surface area (Å²) in [6, 6.07) is 6.60. The molecule has 1 atom stereocenters. The summed E-state index contributed by atoms with van der Waals surface area (Å²) in [6.07, 6.45) is 1.65. The molecule has 0 saturated heterocycles. The van der Waals surface area contributed by atoms with Crippen LogP contribution in [0, 0.1) is 6.92 Å². The number of hydrogen-bond acceptors (Lipinski definition) is 3. The molecule has 0 saturated carbocycles. The van der Waals surface area contributed by atoms with Crippen molar-refractivity contribution in [2.45, 2.75) is 37.6 Å². The van der Waals surface area contributed by atoms with Crippen LogP contribution >= 0.6 is 0 Å². The van der Waals surface area contributed by atoms with E-state index in [-0.39, 0.29) is 10.9 Å². The average Bonchev–Trinajstić information content (AvgIpc) is 2.28. The van der Waals surface area contributed by atoms with E-state index < -0.39 is 10.0 Å². The van der Waals surface area contributed by atoms with Crippen LogP contribution in [-0.4, -0.2) is 21.0 Å². The first-order valence-corrected chi connectivity index (χ1v) is 7.27. The van der Waals surface area contributed by atoms with Crippen LogP contribution in [0.4, 0.5) is 0 Å². The zero-order valence-corrected chi connectivity index (χ0v) is 11.1. The van der Waals surface area contributed by atoms with E-state index in [1.54, 1.807) is 24.3 Å². The van der Waals surface area contributed by atoms with Gasteiger partial charge in [0, 0.05) is 12.6 Å². The second-order valence-corrected chi connectivity index (χ2v) is 5.87. The zero-order valence-electron chi connectivity index (χ0n) is 10.3. The Morgan fingerprint density at radius 1 is 1.29 bits per heavy atom. The Hall–Kier alpha value is -0.910. The fraction of sp³-hybridized carbons (Fsp3) is 0.500. The van der Waals surface area contributed by atoms with Gasteiger partial charge >= 0.3 is 0 Å². The van der Waals surface area contributed by atoms with Gasteiger partial charge in [0.15, 0.2) is 0 Å². The summed E-state index contributed by atoms with van der Waals surface area (Å²) in [5.41, 5.74) is 6.58. The normalized spacial score (nSPS) is 13.6. The predicted molar refractivity (Wildman–Crippen MR) is 69.3 cm³/mol. The van der Waals surface area contributed by atoms with E-state index in [2.05, 4.69) is 4.72 Å². The lowest BCUT2D eigenvalue weighted by molar-refractivity contribution is 0.527. The van der Waals surface area contributed by atoms with E-state index in [9.17, 15) is 8.42 Å². The third kappa shape index (κ3) is 4.11. The molecule has 5 heteroatoms. The summed E-state index contributed by atoms with van der Waals surface area (Å²) in [7, 11) is -3.44. The highest BCUT2D eigenvalue weighted by molar-refractivity contribution is 7.89. The summed E-state index contributed by atoms with van der Waals surface area (Å²) < 4.78 is 26.7. The van der Waals surface area contributed by atoms with Gasteiger partial charge in [-0.2, -0.15) is 0 Å². The number of sulfonamides is 1. The van der Waals surface area contributed by atoms with Crippen molar-refractivity contribution in [2.75, 3.05) is 6.54 Å². The van der Waals surface area contributed by atoms with Crippen LogP contribution in [0.2, 0.25) is 0 Å². The smallest absolute Gasteiger partial charge is 0.240 e. The van der Waals surface area contributed by atoms with Crippen molar-refractivity contribution in [3.05, 3.63) is 29.8 Å². The fourth-order valence-electron chi connectivity index (χ4n) is 1.58. The largest absolute Gasteiger partial charge is 0.329 e. The van der Waals surface area contributed by atoms with Crippen molar-refractivity contribution in [2.24, 2.45) is 5.73 Å². The minimum Gasteiger partial charge on any atom is -0.329 e. The highest BCUT2D eigenvalue weighted by Gasteiger charge is 2.18. The minimum atomic E-state index is -3.44. The summed E-state index contributed by atoms with van der Waals surface area (Å²) in [5, 5.41) is 0. The van der Waals surface area contributed by atoms with Crippen LogP contribution in [0.1, 0.15) is 25.3 Å². The van der Waals surface area contributed by atoms with Crippen molar-refractivity contribution in [1.82, 2.24) is 4.72 Å². The van der Waals surface area contributed by atoms with Crippen molar-refractivity contribution < 1.29 is 8.42 Å². The maximum Gasteiger partial charge on any atom is 0.240 e. The van der Waals surface area contributed by atoms with Crippen LogP contribution < -0.4 is 10.5 Å². The lowest BCUT2D eigenvalue weighted by Gasteiger charge is -2.16. The number of rotatable bonds is 6. The van der Waals surface area contributed by atoms with Crippen molar-refractivity contribution in [3.63, 3.8) is 0 Å². The molecule has 1 aromatic rings. The van der Waals surface area contributed by atoms with Gasteiger partial charge in [0.2, 0.25) is 10.0 Å². The van der Waals surface area contributed by atoms with E-state index in [1.807, 2.05) is 13.8 Å². The Kier molecular flexibility index (Phi) is 5.11. The molecule has 0 radical (unpaired) electrons. The van der Waals surface area contributed by atoms with Crippen LogP contribution in [-0.2, 0) is 10.0 Å². The molecular weight excluding hydrogens is 236 g/mol. The van der Waals surface area contributed by atoms with E-state index >= 15 is 0 Å². The highest BCUT2D eigenvalue weighted by Crippen LogP contribution is 2.11. The van der Waals surface area contributed by atoms with Crippen molar-refractivity contribution in [3.8, 4) is 0 Å². The molecule has 3 N–H and O–H groups in total. The molecule has 0 amide bonds. The van der Waals surface area contributed by atoms with Gasteiger partial charge < -0.3 is 5.73 Å². The molecule has 17 heavy (non-hydrogen) atoms. The molecule has 96 valence electrons. The maximum atomic E-state index is 12.0. The van der Waals surface area contributed by atoms with Crippen LogP contribution in [0.25, 0.3) is 0 Å². The topological polar surface area (TPSA) is 72.2 Å². The monoisotopic (exact) mass is 256 g/mol. The van der Waals surface area contributed by atoms with E-state index in [0.29, 0.717) is 6.54 Å². The lowest BCUT2D eigenvalue weighted by atomic mass is 10.2. The molecule has 0 spiro atoms. The molecule has 0 fully saturated rings. The first-order chi connectivity index (χ1) is 7.99. The van der Waals surface area contributed by atoms with Crippen molar-refractivity contribution >= 4 is 10.0 Å². The average molecular weight is 256 g/mol. The molecule has 0 bridgehead atoms. The van der Waals surface area contributed by atoms with Gasteiger partial charge in [-0.05, 0) is 25.5 Å². The minimum absolute atomic E-state index is 0.189. The number of hydrogen-bond donors (Lipinski definition) is 2. The molecule has 4 nitrogen and oxygen atoms in total. The molecular formula is C12H20N2O2S. The second-order valence-electron chi connectivity index (χ2n) is 4.16. The third-order valence-electron chi connectivity index (χ3n) is 2.57. The van der Waals surface area contributed by atoms with Gasteiger partial charge in [0.1, 0.15) is 0 Å². The summed E-state index contributed by atoms with van der Waals surface area (Å²) in [6.45, 7) is 4.24. The summed E-state index contributed by atoms with van der Waals surface area (Å²) in [4.78, 5) is 0.289. The molecule has 0 aliphatic rings. The molecule has 1 aromatic carbocycles. The van der Waals surface area contributed by atoms with Crippen molar-refractivity contribution in [1.29, 1.82) is 0 Å². The SMILES string of the molecule is CCCC(CN)NS(=O)(=O)c1ccc(C)cc1. The van der Waals surface area contributed by atoms with Crippen LogP contribution in [0.5, 0.6) is 0 Å². The summed E-state index contributed by atoms with van der Waals surface area (Å²) >= 11 is 0. The number of aryl methyl sites for hydroxylation is 1. The number of nitrogens with one attached hydrogen (secondary N) is 1. The molecule has 1 unspecified atom stereocenters. The van der Waals surface area contributed by atoms with Gasteiger partial charge in [0.25, 0.3) is 0 Å². The molecule has 0 heterocycles. The maximum absolute atomic E-state index is 12.0. The highest BCUT2D eigenvalue weighted by atomic mass is 32.2. The van der Waals surface area contributed by atoms with Gasteiger partial charge in [-0.15, -0.1) is 0 Å². The predicted octanol–water partition coefficient (Wildman–Crippen LogP) is 1.40. The molecule has 0 aliphatic heterocycles. The Balaban J connectivity index is 2.84. The number of nitrogens with two attached hydrogens (primary N) is 1. The molecule has 1 rings (SSSR count). The van der Waals surface area contributed by atoms with Crippen LogP contribution in [0.15, 0.2) is 29.2 Å². The van der Waals surface area contributed by atoms with Crippen LogP contribution in [0.3, 0.4) is 0 Å². The Morgan fingerprint density at radius 3 is 2.35 bits per heavy atom.